The fourth-order valence-electron chi connectivity index (χ4n) is 2.44. The molecule has 150 valence electrons. The van der Waals surface area contributed by atoms with E-state index in [4.69, 9.17) is 16.4 Å². The van der Waals surface area contributed by atoms with E-state index in [1.807, 2.05) is 65.8 Å². The third-order valence-corrected chi connectivity index (χ3v) is 4.24. The molecule has 0 atom stereocenters. The second-order valence-electron chi connectivity index (χ2n) is 8.17. The molecule has 0 unspecified atom stereocenters. The van der Waals surface area contributed by atoms with Gasteiger partial charge >= 0.3 is 6.03 Å². The topological polar surface area (TPSA) is 62.7 Å². The van der Waals surface area contributed by atoms with Gasteiger partial charge in [-0.2, -0.15) is 0 Å². The monoisotopic (exact) mass is 401 g/mol. The Labute approximate surface area is 172 Å². The van der Waals surface area contributed by atoms with E-state index in [9.17, 15) is 4.79 Å². The maximum absolute atomic E-state index is 12.4. The first-order valence-corrected chi connectivity index (χ1v) is 9.52. The van der Waals surface area contributed by atoms with Crippen LogP contribution in [-0.4, -0.2) is 17.3 Å². The summed E-state index contributed by atoms with van der Waals surface area (Å²) >= 11 is 5.88. The van der Waals surface area contributed by atoms with Crippen LogP contribution in [0.25, 0.3) is 0 Å². The molecule has 0 bridgehead atoms. The number of nitrogens with zero attached hydrogens (tertiary/aromatic N) is 1. The molecule has 0 radical (unpaired) electrons. The highest BCUT2D eigenvalue weighted by Crippen LogP contribution is 2.22. The van der Waals surface area contributed by atoms with Crippen LogP contribution in [0.5, 0.6) is 0 Å². The summed E-state index contributed by atoms with van der Waals surface area (Å²) in [5.74, 6) is 0. The number of amides is 2. The minimum absolute atomic E-state index is 0.292. The maximum atomic E-state index is 12.4. The van der Waals surface area contributed by atoms with Gasteiger partial charge in [0, 0.05) is 10.7 Å². The van der Waals surface area contributed by atoms with Gasteiger partial charge in [0.05, 0.1) is 11.3 Å². The highest BCUT2D eigenvalue weighted by Gasteiger charge is 2.23. The van der Waals surface area contributed by atoms with Crippen molar-refractivity contribution in [2.24, 2.45) is 5.16 Å². The van der Waals surface area contributed by atoms with Crippen molar-refractivity contribution in [2.45, 2.75) is 52.7 Å². The normalized spacial score (nSPS) is 12.5. The van der Waals surface area contributed by atoms with Crippen molar-refractivity contribution in [3.05, 3.63) is 64.7 Å². The minimum atomic E-state index is -0.586. The highest BCUT2D eigenvalue weighted by atomic mass is 35.5. The van der Waals surface area contributed by atoms with Gasteiger partial charge in [-0.05, 0) is 83.0 Å². The van der Waals surface area contributed by atoms with Crippen molar-refractivity contribution in [1.82, 2.24) is 5.32 Å². The van der Waals surface area contributed by atoms with E-state index in [0.717, 1.165) is 16.8 Å². The molecular weight excluding hydrogens is 374 g/mol. The van der Waals surface area contributed by atoms with E-state index < -0.39 is 5.54 Å². The number of urea groups is 1. The highest BCUT2D eigenvalue weighted by molar-refractivity contribution is 6.30. The molecule has 0 aromatic heterocycles. The van der Waals surface area contributed by atoms with Crippen LogP contribution in [0.3, 0.4) is 0 Å². The molecule has 0 saturated carbocycles. The number of carbonyl (C=O) groups excluding carboxylic acids is 1. The summed E-state index contributed by atoms with van der Waals surface area (Å²) in [5.41, 5.74) is 2.42. The second kappa shape index (κ2) is 8.65. The van der Waals surface area contributed by atoms with Crippen molar-refractivity contribution in [1.29, 1.82) is 0 Å². The molecule has 2 N–H and O–H groups in total. The number of rotatable bonds is 5. The van der Waals surface area contributed by atoms with Gasteiger partial charge < -0.3 is 15.5 Å². The smallest absolute Gasteiger partial charge is 0.319 e. The molecule has 6 heteroatoms. The van der Waals surface area contributed by atoms with Gasteiger partial charge in [-0.15, -0.1) is 0 Å². The molecule has 0 heterocycles. The van der Waals surface area contributed by atoms with Crippen LogP contribution in [0, 0.1) is 0 Å². The molecule has 0 saturated heterocycles. The average Bonchev–Trinajstić information content (AvgIpc) is 2.60. The lowest BCUT2D eigenvalue weighted by molar-refractivity contribution is 0.000952. The number of carbonyl (C=O) groups is 1. The Hall–Kier alpha value is -2.53. The first kappa shape index (κ1) is 21.8. The molecule has 2 aromatic rings. The van der Waals surface area contributed by atoms with E-state index in [1.54, 1.807) is 24.3 Å². The Morgan fingerprint density at radius 3 is 2.29 bits per heavy atom. The van der Waals surface area contributed by atoms with Gasteiger partial charge in [0.1, 0.15) is 5.60 Å². The van der Waals surface area contributed by atoms with Gasteiger partial charge in [-0.1, -0.05) is 35.0 Å². The first-order chi connectivity index (χ1) is 13.0. The van der Waals surface area contributed by atoms with Crippen LogP contribution in [0.2, 0.25) is 5.02 Å². The lowest BCUT2D eigenvalue weighted by atomic mass is 9.92. The number of benzene rings is 2. The summed E-state index contributed by atoms with van der Waals surface area (Å²) in [6.45, 7) is 11.7. The minimum Gasteiger partial charge on any atom is -0.390 e. The molecule has 0 aliphatic carbocycles. The van der Waals surface area contributed by atoms with E-state index >= 15 is 0 Å². The molecule has 2 amide bonds. The number of nitrogens with one attached hydrogen (secondary N) is 2. The standard InChI is InChI=1S/C22H28ClN3O2/c1-15(26-28-21(2,3)4)16-8-7-9-17(14-16)22(5,6)25-20(27)24-19-12-10-18(23)11-13-19/h7-14H,1-6H3,(H2,24,25,27). The molecule has 0 fully saturated rings. The van der Waals surface area contributed by atoms with Crippen LogP contribution in [0.4, 0.5) is 10.5 Å². The van der Waals surface area contributed by atoms with Crippen molar-refractivity contribution in [3.63, 3.8) is 0 Å². The summed E-state index contributed by atoms with van der Waals surface area (Å²) in [6.07, 6.45) is 0. The first-order valence-electron chi connectivity index (χ1n) is 9.15. The largest absolute Gasteiger partial charge is 0.390 e. The zero-order valence-corrected chi connectivity index (χ0v) is 18.0. The van der Waals surface area contributed by atoms with Crippen molar-refractivity contribution in [3.8, 4) is 0 Å². The molecule has 2 rings (SSSR count). The molecule has 28 heavy (non-hydrogen) atoms. The van der Waals surface area contributed by atoms with Crippen LogP contribution < -0.4 is 10.6 Å². The number of anilines is 1. The Morgan fingerprint density at radius 2 is 1.68 bits per heavy atom. The number of oxime groups is 1. The molecule has 5 nitrogen and oxygen atoms in total. The Kier molecular flexibility index (Phi) is 6.73. The predicted molar refractivity (Wildman–Crippen MR) is 116 cm³/mol. The summed E-state index contributed by atoms with van der Waals surface area (Å²) in [5, 5.41) is 10.7. The Balaban J connectivity index is 2.12. The van der Waals surface area contributed by atoms with Crippen LogP contribution in [-0.2, 0) is 10.4 Å². The summed E-state index contributed by atoms with van der Waals surface area (Å²) in [6, 6.07) is 14.6. The number of hydrogen-bond donors (Lipinski definition) is 2. The fourth-order valence-corrected chi connectivity index (χ4v) is 2.57. The third kappa shape index (κ3) is 6.57. The van der Waals surface area contributed by atoms with E-state index in [-0.39, 0.29) is 11.6 Å². The summed E-state index contributed by atoms with van der Waals surface area (Å²) in [4.78, 5) is 17.9. The van der Waals surface area contributed by atoms with E-state index in [1.165, 1.54) is 0 Å². The van der Waals surface area contributed by atoms with Crippen LogP contribution in [0.15, 0.2) is 53.7 Å². The molecular formula is C22H28ClN3O2. The quantitative estimate of drug-likeness (QED) is 0.481. The number of hydrogen-bond acceptors (Lipinski definition) is 3. The van der Waals surface area contributed by atoms with Crippen molar-refractivity contribution in [2.75, 3.05) is 5.32 Å². The Bertz CT molecular complexity index is 853. The molecule has 2 aromatic carbocycles. The third-order valence-electron chi connectivity index (χ3n) is 3.99. The van der Waals surface area contributed by atoms with Gasteiger partial charge in [-0.25, -0.2) is 4.79 Å². The van der Waals surface area contributed by atoms with Crippen molar-refractivity contribution < 1.29 is 9.63 Å². The maximum Gasteiger partial charge on any atom is 0.319 e. The van der Waals surface area contributed by atoms with Crippen LogP contribution in [0.1, 0.15) is 52.7 Å². The summed E-state index contributed by atoms with van der Waals surface area (Å²) in [7, 11) is 0. The molecule has 0 aliphatic heterocycles. The SMILES string of the molecule is CC(=NOC(C)(C)C)c1cccc(C(C)(C)NC(=O)Nc2ccc(Cl)cc2)c1. The predicted octanol–water partition coefficient (Wildman–Crippen LogP) is 5.94. The zero-order chi connectivity index (χ0) is 20.9. The average molecular weight is 402 g/mol. The number of halogens is 1. The lowest BCUT2D eigenvalue weighted by Crippen LogP contribution is -2.43. The fraction of sp³-hybridized carbons (Fsp3) is 0.364. The summed E-state index contributed by atoms with van der Waals surface area (Å²) < 4.78 is 0. The van der Waals surface area contributed by atoms with Crippen molar-refractivity contribution >= 4 is 29.0 Å². The van der Waals surface area contributed by atoms with Gasteiger partial charge in [0.15, 0.2) is 0 Å². The van der Waals surface area contributed by atoms with E-state index in [2.05, 4.69) is 15.8 Å². The Morgan fingerprint density at radius 1 is 1.04 bits per heavy atom. The molecule has 0 aliphatic rings. The van der Waals surface area contributed by atoms with E-state index in [0.29, 0.717) is 10.7 Å². The lowest BCUT2D eigenvalue weighted by Gasteiger charge is -2.27. The van der Waals surface area contributed by atoms with Gasteiger partial charge in [0.2, 0.25) is 0 Å². The molecule has 0 spiro atoms. The zero-order valence-electron chi connectivity index (χ0n) is 17.3. The van der Waals surface area contributed by atoms with Gasteiger partial charge in [-0.3, -0.25) is 0 Å². The van der Waals surface area contributed by atoms with Crippen LogP contribution >= 0.6 is 11.6 Å². The second-order valence-corrected chi connectivity index (χ2v) is 8.61. The van der Waals surface area contributed by atoms with Gasteiger partial charge in [0.25, 0.3) is 0 Å².